The molecular weight excluding hydrogens is 292 g/mol. The molecule has 2 rings (SSSR count). The number of halogens is 1. The molecule has 0 aliphatic heterocycles. The Bertz CT molecular complexity index is 195. The van der Waals surface area contributed by atoms with Crippen LogP contribution >= 0.6 is 9.24 Å². The van der Waals surface area contributed by atoms with E-state index in [0.29, 0.717) is 5.16 Å². The molecule has 78 valence electrons. The number of fused-ring (bicyclic) bond motifs is 1. The Morgan fingerprint density at radius 2 is 2.15 bits per heavy atom. The molecule has 0 aromatic rings. The van der Waals surface area contributed by atoms with E-state index < -0.39 is 0 Å². The standard InChI is InChI=1S/C10H20INP/c1-10(13)6-2-3-9(11-12)7-4-5-8(7)10/h7-9H,2-6,12-13H2,1H3/q-1. The van der Waals surface area contributed by atoms with Crippen LogP contribution in [0.3, 0.4) is 0 Å². The van der Waals surface area contributed by atoms with E-state index in [1.807, 2.05) is 0 Å². The quantitative estimate of drug-likeness (QED) is 0.291. The van der Waals surface area contributed by atoms with E-state index in [-0.39, 0.29) is 21.5 Å². The van der Waals surface area contributed by atoms with Crippen LogP contribution in [0, 0.1) is 11.8 Å². The molecule has 0 amide bonds. The number of nitrogens with two attached hydrogens (primary N) is 1. The second kappa shape index (κ2) is 3.94. The van der Waals surface area contributed by atoms with Gasteiger partial charge in [0.05, 0.1) is 0 Å². The van der Waals surface area contributed by atoms with Gasteiger partial charge >= 0.3 is 94.6 Å². The van der Waals surface area contributed by atoms with Crippen LogP contribution in [-0.4, -0.2) is 9.08 Å². The predicted octanol–water partition coefficient (Wildman–Crippen LogP) is -0.838. The van der Waals surface area contributed by atoms with Crippen molar-refractivity contribution >= 4 is 9.24 Å². The molecule has 2 aliphatic rings. The summed E-state index contributed by atoms with van der Waals surface area (Å²) in [6.45, 7) is 2.44. The summed E-state index contributed by atoms with van der Waals surface area (Å²) < 4.78 is 6.90. The van der Waals surface area contributed by atoms with Crippen LogP contribution in [0.15, 0.2) is 0 Å². The fourth-order valence-corrected chi connectivity index (χ4v) is 5.82. The molecule has 2 N–H and O–H groups in total. The average Bonchev–Trinajstić information content (AvgIpc) is 2.05. The molecule has 0 aromatic heterocycles. The van der Waals surface area contributed by atoms with Crippen LogP contribution < -0.4 is 25.4 Å². The second-order valence-corrected chi connectivity index (χ2v) is 8.53. The zero-order valence-corrected chi connectivity index (χ0v) is 11.6. The van der Waals surface area contributed by atoms with Crippen molar-refractivity contribution in [2.24, 2.45) is 15.8 Å². The minimum atomic E-state index is 0.00104. The minimum absolute atomic E-state index is 0.00104. The molecule has 0 spiro atoms. The Balaban J connectivity index is 2.11. The van der Waals surface area contributed by atoms with Gasteiger partial charge < -0.3 is 0 Å². The third-order valence-electron chi connectivity index (χ3n) is 4.00. The van der Waals surface area contributed by atoms with Crippen molar-refractivity contribution in [3.63, 3.8) is 0 Å². The fraction of sp³-hybridized carbons (Fsp3) is 1.00. The van der Waals surface area contributed by atoms with E-state index in [2.05, 4.69) is 16.2 Å². The molecule has 1 nitrogen and oxygen atoms in total. The first-order valence-electron chi connectivity index (χ1n) is 5.26. The Morgan fingerprint density at radius 3 is 2.69 bits per heavy atom. The first kappa shape index (κ1) is 10.6. The van der Waals surface area contributed by atoms with Crippen molar-refractivity contribution in [2.75, 3.05) is 0 Å². The molecule has 2 fully saturated rings. The van der Waals surface area contributed by atoms with Gasteiger partial charge in [-0.3, -0.25) is 0 Å². The summed E-state index contributed by atoms with van der Waals surface area (Å²) >= 11 is 0.00104. The maximum atomic E-state index is 5.95. The zero-order valence-electron chi connectivity index (χ0n) is 8.30. The zero-order chi connectivity index (χ0) is 9.47. The maximum absolute atomic E-state index is 5.95. The van der Waals surface area contributed by atoms with Gasteiger partial charge in [-0.1, -0.05) is 0 Å². The van der Waals surface area contributed by atoms with E-state index in [1.165, 1.54) is 32.1 Å². The van der Waals surface area contributed by atoms with Crippen LogP contribution in [0.4, 0.5) is 0 Å². The van der Waals surface area contributed by atoms with Crippen LogP contribution in [-0.2, 0) is 0 Å². The van der Waals surface area contributed by atoms with Gasteiger partial charge in [0, 0.05) is 0 Å². The van der Waals surface area contributed by atoms with Crippen LogP contribution in [0.2, 0.25) is 0 Å². The Labute approximate surface area is 94.4 Å². The number of hydrogen-bond donors (Lipinski definition) is 1. The van der Waals surface area contributed by atoms with E-state index in [0.717, 1.165) is 15.8 Å². The molecule has 0 aromatic carbocycles. The van der Waals surface area contributed by atoms with Gasteiger partial charge in [-0.25, -0.2) is 0 Å². The van der Waals surface area contributed by atoms with Gasteiger partial charge in [0.2, 0.25) is 0 Å². The summed E-state index contributed by atoms with van der Waals surface area (Å²) in [7, 11) is 3.12. The summed E-state index contributed by atoms with van der Waals surface area (Å²) in [6.07, 6.45) is 7.17. The van der Waals surface area contributed by atoms with Crippen LogP contribution in [0.25, 0.3) is 0 Å². The molecule has 0 bridgehead atoms. The van der Waals surface area contributed by atoms with Gasteiger partial charge in [-0.05, 0) is 0 Å². The van der Waals surface area contributed by atoms with Crippen LogP contribution in [0.5, 0.6) is 0 Å². The summed E-state index contributed by atoms with van der Waals surface area (Å²) in [6, 6.07) is 0. The summed E-state index contributed by atoms with van der Waals surface area (Å²) in [5, 5.41) is 0.538. The number of alkyl halides is 1. The van der Waals surface area contributed by atoms with Crippen molar-refractivity contribution in [1.82, 2.24) is 0 Å². The van der Waals surface area contributed by atoms with E-state index in [4.69, 9.17) is 3.95 Å². The molecule has 5 atom stereocenters. The van der Waals surface area contributed by atoms with E-state index in [1.54, 1.807) is 0 Å². The van der Waals surface area contributed by atoms with Crippen molar-refractivity contribution in [1.29, 1.82) is 0 Å². The molecule has 0 heterocycles. The molecule has 13 heavy (non-hydrogen) atoms. The summed E-state index contributed by atoms with van der Waals surface area (Å²) in [4.78, 5) is 0. The first-order chi connectivity index (χ1) is 6.15. The number of hydrogen-bond acceptors (Lipinski definition) is 1. The van der Waals surface area contributed by atoms with Gasteiger partial charge in [0.15, 0.2) is 0 Å². The monoisotopic (exact) mass is 312 g/mol. The van der Waals surface area contributed by atoms with Crippen molar-refractivity contribution in [3.8, 4) is 0 Å². The van der Waals surface area contributed by atoms with E-state index >= 15 is 0 Å². The number of rotatable bonds is 1. The van der Waals surface area contributed by atoms with Gasteiger partial charge in [0.1, 0.15) is 0 Å². The second-order valence-electron chi connectivity index (χ2n) is 4.89. The summed E-state index contributed by atoms with van der Waals surface area (Å²) in [5.41, 5.74) is 0. The molecule has 2 aliphatic carbocycles. The van der Waals surface area contributed by atoms with Crippen LogP contribution in [0.1, 0.15) is 39.0 Å². The van der Waals surface area contributed by atoms with Gasteiger partial charge in [0.25, 0.3) is 0 Å². The Hall–Kier alpha value is 1.12. The topological polar surface area (TPSA) is 26.0 Å². The van der Waals surface area contributed by atoms with Crippen molar-refractivity contribution in [2.45, 2.75) is 48.1 Å². The van der Waals surface area contributed by atoms with Gasteiger partial charge in [-0.2, -0.15) is 0 Å². The third kappa shape index (κ3) is 1.91. The summed E-state index contributed by atoms with van der Waals surface area (Å²) in [5.74, 6) is 1.98. The third-order valence-corrected chi connectivity index (χ3v) is 7.18. The molecule has 5 unspecified atom stereocenters. The van der Waals surface area contributed by atoms with Crippen molar-refractivity contribution < 1.29 is 21.5 Å². The fourth-order valence-electron chi connectivity index (χ4n) is 3.01. The SMILES string of the molecule is CC1(P)CCCC([I-]N)C2CCC21. The molecule has 3 heteroatoms. The normalized spacial score (nSPS) is 50.8. The predicted molar refractivity (Wildman–Crippen MR) is 56.2 cm³/mol. The molecule has 0 saturated heterocycles. The first-order valence-corrected chi connectivity index (χ1v) is 8.33. The van der Waals surface area contributed by atoms with E-state index in [9.17, 15) is 0 Å². The molecule has 0 radical (unpaired) electrons. The van der Waals surface area contributed by atoms with Gasteiger partial charge in [-0.15, -0.1) is 0 Å². The average molecular weight is 312 g/mol. The Morgan fingerprint density at radius 1 is 1.38 bits per heavy atom. The molecule has 2 saturated carbocycles. The molecular formula is C10H20INP-. The van der Waals surface area contributed by atoms with Crippen molar-refractivity contribution in [3.05, 3.63) is 0 Å². The Kier molecular flexibility index (Phi) is 3.22.